The first kappa shape index (κ1) is 13.1. The van der Waals surface area contributed by atoms with Crippen molar-refractivity contribution in [2.75, 3.05) is 0 Å². The van der Waals surface area contributed by atoms with Gasteiger partial charge in [-0.3, -0.25) is 5.41 Å². The molecule has 0 heterocycles. The number of benzene rings is 2. The van der Waals surface area contributed by atoms with Gasteiger partial charge in [0.25, 0.3) is 0 Å². The maximum Gasteiger partial charge on any atom is 0.138 e. The largest absolute Gasteiger partial charge is 0.456 e. The summed E-state index contributed by atoms with van der Waals surface area (Å²) in [6.07, 6.45) is 0. The Morgan fingerprint density at radius 1 is 1.21 bits per heavy atom. The van der Waals surface area contributed by atoms with Crippen molar-refractivity contribution >= 4 is 5.84 Å². The number of hydrogen-bond donors (Lipinski definition) is 3. The zero-order valence-corrected chi connectivity index (χ0v) is 10.7. The molecule has 0 aliphatic heterocycles. The number of hydrogen-bond acceptors (Lipinski definition) is 3. The number of rotatable bonds is 4. The van der Waals surface area contributed by atoms with Gasteiger partial charge in [-0.15, -0.1) is 0 Å². The normalized spacial score (nSPS) is 10.2. The van der Waals surface area contributed by atoms with Gasteiger partial charge in [0.2, 0.25) is 0 Å². The van der Waals surface area contributed by atoms with Crippen LogP contribution in [0.5, 0.6) is 11.5 Å². The number of nitrogens with two attached hydrogens (primary N) is 1. The molecule has 0 amide bonds. The van der Waals surface area contributed by atoms with E-state index in [4.69, 9.17) is 15.9 Å². The summed E-state index contributed by atoms with van der Waals surface area (Å²) >= 11 is 0. The van der Waals surface area contributed by atoms with Gasteiger partial charge in [-0.05, 0) is 25.1 Å². The summed E-state index contributed by atoms with van der Waals surface area (Å²) in [5.41, 5.74) is 7.81. The van der Waals surface area contributed by atoms with E-state index in [1.54, 1.807) is 24.3 Å². The Morgan fingerprint density at radius 3 is 2.63 bits per heavy atom. The fourth-order valence-electron chi connectivity index (χ4n) is 1.80. The Balaban J connectivity index is 2.41. The Kier molecular flexibility index (Phi) is 3.82. The van der Waals surface area contributed by atoms with Gasteiger partial charge < -0.3 is 15.6 Å². The molecular weight excluding hydrogens is 240 g/mol. The lowest BCUT2D eigenvalue weighted by Crippen LogP contribution is -2.12. The van der Waals surface area contributed by atoms with E-state index < -0.39 is 0 Å². The molecule has 0 aliphatic rings. The Labute approximate surface area is 112 Å². The topological polar surface area (TPSA) is 79.3 Å². The number of aliphatic hydroxyl groups excluding tert-OH is 1. The molecule has 4 nitrogen and oxygen atoms in total. The van der Waals surface area contributed by atoms with Crippen LogP contribution in [0.25, 0.3) is 0 Å². The van der Waals surface area contributed by atoms with Gasteiger partial charge in [0.05, 0.1) is 12.2 Å². The van der Waals surface area contributed by atoms with Gasteiger partial charge in [-0.25, -0.2) is 0 Å². The van der Waals surface area contributed by atoms with Gasteiger partial charge in [-0.1, -0.05) is 29.8 Å². The quantitative estimate of drug-likeness (QED) is 0.581. The predicted octanol–water partition coefficient (Wildman–Crippen LogP) is 2.56. The first-order valence-corrected chi connectivity index (χ1v) is 5.93. The number of ether oxygens (including phenoxy) is 1. The monoisotopic (exact) mass is 256 g/mol. The molecule has 0 saturated carbocycles. The summed E-state index contributed by atoms with van der Waals surface area (Å²) < 4.78 is 5.77. The second-order valence-electron chi connectivity index (χ2n) is 4.28. The van der Waals surface area contributed by atoms with Crippen molar-refractivity contribution in [1.29, 1.82) is 5.41 Å². The summed E-state index contributed by atoms with van der Waals surface area (Å²) in [6, 6.07) is 12.7. The Morgan fingerprint density at radius 2 is 1.95 bits per heavy atom. The minimum Gasteiger partial charge on any atom is -0.456 e. The third kappa shape index (κ3) is 2.92. The number of aryl methyl sites for hydroxylation is 1. The second kappa shape index (κ2) is 5.54. The molecule has 0 atom stereocenters. The predicted molar refractivity (Wildman–Crippen MR) is 74.6 cm³/mol. The maximum absolute atomic E-state index is 9.27. The smallest absolute Gasteiger partial charge is 0.138 e. The number of nitrogens with one attached hydrogen (secondary N) is 1. The average molecular weight is 256 g/mol. The number of aliphatic hydroxyl groups is 1. The van der Waals surface area contributed by atoms with Crippen LogP contribution < -0.4 is 10.5 Å². The van der Waals surface area contributed by atoms with Crippen LogP contribution in [0, 0.1) is 12.3 Å². The zero-order valence-electron chi connectivity index (χ0n) is 10.7. The van der Waals surface area contributed by atoms with Crippen LogP contribution in [-0.2, 0) is 6.61 Å². The minimum absolute atomic E-state index is 0.0415. The summed E-state index contributed by atoms with van der Waals surface area (Å²) in [5.74, 6) is 1.04. The Hall–Kier alpha value is -2.33. The molecule has 4 N–H and O–H groups in total. The molecule has 98 valence electrons. The summed E-state index contributed by atoms with van der Waals surface area (Å²) in [5, 5.41) is 16.9. The van der Waals surface area contributed by atoms with E-state index in [-0.39, 0.29) is 12.4 Å². The van der Waals surface area contributed by atoms with Gasteiger partial charge in [0, 0.05) is 5.56 Å². The van der Waals surface area contributed by atoms with Crippen LogP contribution in [0.4, 0.5) is 0 Å². The van der Waals surface area contributed by atoms with Crippen LogP contribution in [0.2, 0.25) is 0 Å². The van der Waals surface area contributed by atoms with E-state index in [1.165, 1.54) is 0 Å². The third-order valence-corrected chi connectivity index (χ3v) is 2.79. The average Bonchev–Trinajstić information content (AvgIpc) is 2.41. The van der Waals surface area contributed by atoms with E-state index in [0.29, 0.717) is 22.6 Å². The molecule has 0 spiro atoms. The summed E-state index contributed by atoms with van der Waals surface area (Å²) in [6.45, 7) is 1.83. The maximum atomic E-state index is 9.27. The molecule has 0 bridgehead atoms. The number of nitrogen functional groups attached to an aromatic ring is 1. The van der Waals surface area contributed by atoms with Crippen LogP contribution in [-0.4, -0.2) is 10.9 Å². The van der Waals surface area contributed by atoms with E-state index in [0.717, 1.165) is 5.56 Å². The van der Waals surface area contributed by atoms with Gasteiger partial charge in [0.15, 0.2) is 0 Å². The van der Waals surface area contributed by atoms with E-state index >= 15 is 0 Å². The van der Waals surface area contributed by atoms with E-state index in [2.05, 4.69) is 0 Å². The van der Waals surface area contributed by atoms with Crippen molar-refractivity contribution in [2.24, 2.45) is 5.73 Å². The highest BCUT2D eigenvalue weighted by Crippen LogP contribution is 2.28. The van der Waals surface area contributed by atoms with Crippen molar-refractivity contribution in [1.82, 2.24) is 0 Å². The molecular formula is C15H16N2O2. The Bertz CT molecular complexity index is 609. The molecule has 2 rings (SSSR count). The standard InChI is InChI=1S/C15H16N2O2/c1-10-6-7-14(12(8-10)15(16)17)19-13-5-3-2-4-11(13)9-18/h2-8,18H,9H2,1H3,(H3,16,17). The van der Waals surface area contributed by atoms with Crippen molar-refractivity contribution in [3.05, 3.63) is 59.2 Å². The minimum atomic E-state index is -0.0998. The van der Waals surface area contributed by atoms with Crippen molar-refractivity contribution < 1.29 is 9.84 Å². The zero-order chi connectivity index (χ0) is 13.8. The fraction of sp³-hybridized carbons (Fsp3) is 0.133. The van der Waals surface area contributed by atoms with Crippen molar-refractivity contribution in [3.8, 4) is 11.5 Å². The van der Waals surface area contributed by atoms with Crippen LogP contribution in [0.15, 0.2) is 42.5 Å². The molecule has 0 aromatic heterocycles. The lowest BCUT2D eigenvalue weighted by atomic mass is 10.1. The first-order valence-electron chi connectivity index (χ1n) is 5.93. The molecule has 0 radical (unpaired) electrons. The van der Waals surface area contributed by atoms with Gasteiger partial charge in [-0.2, -0.15) is 0 Å². The molecule has 4 heteroatoms. The molecule has 0 fully saturated rings. The highest BCUT2D eigenvalue weighted by molar-refractivity contribution is 5.97. The van der Waals surface area contributed by atoms with Crippen LogP contribution in [0.3, 0.4) is 0 Å². The highest BCUT2D eigenvalue weighted by atomic mass is 16.5. The lowest BCUT2D eigenvalue weighted by Gasteiger charge is -2.13. The number of para-hydroxylation sites is 1. The molecule has 0 saturated heterocycles. The molecule has 2 aromatic carbocycles. The SMILES string of the molecule is Cc1ccc(Oc2ccccc2CO)c(C(=N)N)c1. The van der Waals surface area contributed by atoms with E-state index in [9.17, 15) is 5.11 Å². The number of amidine groups is 1. The molecule has 0 unspecified atom stereocenters. The van der Waals surface area contributed by atoms with Gasteiger partial charge in [0.1, 0.15) is 17.3 Å². The first-order chi connectivity index (χ1) is 9.11. The van der Waals surface area contributed by atoms with Crippen LogP contribution in [0.1, 0.15) is 16.7 Å². The van der Waals surface area contributed by atoms with E-state index in [1.807, 2.05) is 25.1 Å². The summed E-state index contributed by atoms with van der Waals surface area (Å²) in [7, 11) is 0. The van der Waals surface area contributed by atoms with Gasteiger partial charge >= 0.3 is 0 Å². The molecule has 19 heavy (non-hydrogen) atoms. The highest BCUT2D eigenvalue weighted by Gasteiger charge is 2.10. The lowest BCUT2D eigenvalue weighted by molar-refractivity contribution is 0.276. The summed E-state index contributed by atoms with van der Waals surface area (Å²) in [4.78, 5) is 0. The van der Waals surface area contributed by atoms with Crippen molar-refractivity contribution in [2.45, 2.75) is 13.5 Å². The second-order valence-corrected chi connectivity index (χ2v) is 4.28. The molecule has 0 aliphatic carbocycles. The van der Waals surface area contributed by atoms with Crippen molar-refractivity contribution in [3.63, 3.8) is 0 Å². The fourth-order valence-corrected chi connectivity index (χ4v) is 1.80. The third-order valence-electron chi connectivity index (χ3n) is 2.79. The molecule has 2 aromatic rings. The van der Waals surface area contributed by atoms with Crippen LogP contribution >= 0.6 is 0 Å².